The Morgan fingerprint density at radius 3 is 2.76 bits per heavy atom. The summed E-state index contributed by atoms with van der Waals surface area (Å²) in [6.07, 6.45) is 5.41. The van der Waals surface area contributed by atoms with Gasteiger partial charge in [0.2, 0.25) is 0 Å². The molecule has 7 nitrogen and oxygen atoms in total. The number of carbonyl (C=O) groups is 1. The van der Waals surface area contributed by atoms with Crippen LogP contribution in [-0.2, 0) is 5.75 Å². The fraction of sp³-hybridized carbons (Fsp3) is 0.292. The van der Waals surface area contributed by atoms with E-state index in [0.717, 1.165) is 36.5 Å². The predicted octanol–water partition coefficient (Wildman–Crippen LogP) is 5.09. The fourth-order valence-corrected chi connectivity index (χ4v) is 5.60. The van der Waals surface area contributed by atoms with E-state index < -0.39 is 0 Å². The number of benzene rings is 1. The minimum atomic E-state index is -0.368. The summed E-state index contributed by atoms with van der Waals surface area (Å²) < 4.78 is 16.4. The quantitative estimate of drug-likeness (QED) is 0.348. The molecule has 1 saturated heterocycles. The Bertz CT molecular complexity index is 1280. The van der Waals surface area contributed by atoms with Gasteiger partial charge in [-0.1, -0.05) is 30.8 Å². The highest BCUT2D eigenvalue weighted by atomic mass is 32.2. The second-order valence-electron chi connectivity index (χ2n) is 8.22. The largest absolute Gasteiger partial charge is 0.337 e. The van der Waals surface area contributed by atoms with Crippen molar-refractivity contribution in [2.75, 3.05) is 13.1 Å². The summed E-state index contributed by atoms with van der Waals surface area (Å²) in [4.78, 5) is 23.4. The summed E-state index contributed by atoms with van der Waals surface area (Å²) in [6, 6.07) is 10.2. The van der Waals surface area contributed by atoms with Crippen molar-refractivity contribution in [3.05, 3.63) is 70.7 Å². The zero-order chi connectivity index (χ0) is 23.5. The van der Waals surface area contributed by atoms with Crippen molar-refractivity contribution in [1.29, 1.82) is 0 Å². The first-order valence-electron chi connectivity index (χ1n) is 11.1. The zero-order valence-electron chi connectivity index (χ0n) is 18.6. The summed E-state index contributed by atoms with van der Waals surface area (Å²) >= 11 is 2.85. The maximum Gasteiger partial charge on any atom is 0.273 e. The maximum absolute atomic E-state index is 14.7. The number of hydrogen-bond acceptors (Lipinski definition) is 7. The lowest BCUT2D eigenvalue weighted by Crippen LogP contribution is -2.38. The van der Waals surface area contributed by atoms with E-state index in [9.17, 15) is 9.18 Å². The maximum atomic E-state index is 14.7. The van der Waals surface area contributed by atoms with Crippen LogP contribution in [-0.4, -0.2) is 48.6 Å². The molecule has 10 heteroatoms. The van der Waals surface area contributed by atoms with E-state index in [4.69, 9.17) is 0 Å². The van der Waals surface area contributed by atoms with Crippen LogP contribution in [0.5, 0.6) is 0 Å². The van der Waals surface area contributed by atoms with E-state index in [1.165, 1.54) is 29.2 Å². The van der Waals surface area contributed by atoms with Gasteiger partial charge in [-0.25, -0.2) is 9.37 Å². The van der Waals surface area contributed by atoms with Gasteiger partial charge in [0.15, 0.2) is 11.0 Å². The molecule has 0 atom stereocenters. The van der Waals surface area contributed by atoms with E-state index in [-0.39, 0.29) is 11.7 Å². The Balaban J connectivity index is 1.37. The molecule has 0 bridgehead atoms. The van der Waals surface area contributed by atoms with Gasteiger partial charge in [0.1, 0.15) is 16.5 Å². The Hall–Kier alpha value is -3.11. The Labute approximate surface area is 205 Å². The van der Waals surface area contributed by atoms with Gasteiger partial charge in [-0.2, -0.15) is 0 Å². The summed E-state index contributed by atoms with van der Waals surface area (Å²) in [7, 11) is 0. The second-order valence-corrected chi connectivity index (χ2v) is 10.1. The molecule has 0 saturated carbocycles. The molecule has 1 aromatic carbocycles. The smallest absolute Gasteiger partial charge is 0.273 e. The van der Waals surface area contributed by atoms with E-state index in [2.05, 4.69) is 27.1 Å². The number of piperidine rings is 1. The first-order valence-corrected chi connectivity index (χ1v) is 12.9. The van der Waals surface area contributed by atoms with Crippen LogP contribution in [0, 0.1) is 11.7 Å². The lowest BCUT2D eigenvalue weighted by atomic mass is 9.99. The molecule has 4 heterocycles. The van der Waals surface area contributed by atoms with E-state index in [0.29, 0.717) is 34.0 Å². The number of thioether (sulfide) groups is 1. The van der Waals surface area contributed by atoms with Crippen LogP contribution < -0.4 is 0 Å². The van der Waals surface area contributed by atoms with Crippen LogP contribution >= 0.6 is 23.1 Å². The van der Waals surface area contributed by atoms with E-state index in [1.54, 1.807) is 41.2 Å². The van der Waals surface area contributed by atoms with Crippen LogP contribution in [0.3, 0.4) is 0 Å². The summed E-state index contributed by atoms with van der Waals surface area (Å²) in [6.45, 7) is 3.79. The van der Waals surface area contributed by atoms with Crippen LogP contribution in [0.1, 0.15) is 35.3 Å². The number of rotatable bonds is 6. The summed E-state index contributed by atoms with van der Waals surface area (Å²) in [5, 5.41) is 11.8. The first-order chi connectivity index (χ1) is 16.6. The summed E-state index contributed by atoms with van der Waals surface area (Å²) in [5.74, 6) is 1.29. The average Bonchev–Trinajstić information content (AvgIpc) is 3.51. The molecular formula is C24H23FN6OS2. The predicted molar refractivity (Wildman–Crippen MR) is 131 cm³/mol. The lowest BCUT2D eigenvalue weighted by molar-refractivity contribution is 0.0692. The molecule has 0 aliphatic carbocycles. The number of amides is 1. The van der Waals surface area contributed by atoms with Gasteiger partial charge < -0.3 is 4.90 Å². The number of pyridine rings is 1. The average molecular weight is 495 g/mol. The molecule has 5 rings (SSSR count). The third-order valence-electron chi connectivity index (χ3n) is 5.81. The topological polar surface area (TPSA) is 76.8 Å². The Kier molecular flexibility index (Phi) is 6.68. The molecule has 174 valence electrons. The monoisotopic (exact) mass is 494 g/mol. The van der Waals surface area contributed by atoms with Gasteiger partial charge in [-0.05, 0) is 43.0 Å². The number of carbonyl (C=O) groups excluding carboxylic acids is 1. The minimum Gasteiger partial charge on any atom is -0.337 e. The molecule has 1 aliphatic rings. The van der Waals surface area contributed by atoms with Crippen molar-refractivity contribution in [2.45, 2.75) is 30.7 Å². The third-order valence-corrected chi connectivity index (χ3v) is 7.78. The van der Waals surface area contributed by atoms with Crippen molar-refractivity contribution in [1.82, 2.24) is 29.6 Å². The number of thiazole rings is 1. The SMILES string of the molecule is CC1CCN(C(=O)c2csc(CSc3nnc(-c4cccnc4)n3-c3ccccc3F)n2)CC1. The Morgan fingerprint density at radius 2 is 2.00 bits per heavy atom. The highest BCUT2D eigenvalue weighted by Crippen LogP contribution is 2.31. The van der Waals surface area contributed by atoms with Crippen molar-refractivity contribution < 1.29 is 9.18 Å². The molecule has 1 aliphatic heterocycles. The second kappa shape index (κ2) is 10.0. The molecule has 0 N–H and O–H groups in total. The zero-order valence-corrected chi connectivity index (χ0v) is 20.2. The molecule has 1 fully saturated rings. The number of aromatic nitrogens is 5. The van der Waals surface area contributed by atoms with Crippen molar-refractivity contribution >= 4 is 29.0 Å². The number of hydrogen-bond donors (Lipinski definition) is 0. The molecule has 0 unspecified atom stereocenters. The summed E-state index contributed by atoms with van der Waals surface area (Å²) in [5.41, 5.74) is 1.59. The molecule has 4 aromatic rings. The van der Waals surface area contributed by atoms with Gasteiger partial charge in [0.05, 0.1) is 11.4 Å². The number of halogens is 1. The molecule has 0 spiro atoms. The molecule has 1 amide bonds. The van der Waals surface area contributed by atoms with Crippen molar-refractivity contribution in [2.24, 2.45) is 5.92 Å². The van der Waals surface area contributed by atoms with E-state index >= 15 is 0 Å². The van der Waals surface area contributed by atoms with Crippen LogP contribution in [0.15, 0.2) is 59.3 Å². The fourth-order valence-electron chi connectivity index (χ4n) is 3.87. The van der Waals surface area contributed by atoms with Crippen molar-refractivity contribution in [3.63, 3.8) is 0 Å². The normalized spacial score (nSPS) is 14.5. The van der Waals surface area contributed by atoms with Gasteiger partial charge in [0, 0.05) is 36.4 Å². The molecule has 3 aromatic heterocycles. The number of nitrogens with zero attached hydrogens (tertiary/aromatic N) is 6. The highest BCUT2D eigenvalue weighted by molar-refractivity contribution is 7.98. The minimum absolute atomic E-state index is 0.00668. The van der Waals surface area contributed by atoms with E-state index in [1.807, 2.05) is 16.3 Å². The first kappa shape index (κ1) is 22.7. The van der Waals surface area contributed by atoms with Gasteiger partial charge in [0.25, 0.3) is 5.91 Å². The van der Waals surface area contributed by atoms with Crippen LogP contribution in [0.2, 0.25) is 0 Å². The van der Waals surface area contributed by atoms with Crippen molar-refractivity contribution in [3.8, 4) is 17.1 Å². The third kappa shape index (κ3) is 4.74. The number of likely N-dealkylation sites (tertiary alicyclic amines) is 1. The van der Waals surface area contributed by atoms with Crippen LogP contribution in [0.25, 0.3) is 17.1 Å². The Morgan fingerprint density at radius 1 is 1.18 bits per heavy atom. The van der Waals surface area contributed by atoms with Crippen LogP contribution in [0.4, 0.5) is 4.39 Å². The molecular weight excluding hydrogens is 471 g/mol. The van der Waals surface area contributed by atoms with Gasteiger partial charge >= 0.3 is 0 Å². The highest BCUT2D eigenvalue weighted by Gasteiger charge is 2.24. The molecule has 34 heavy (non-hydrogen) atoms. The number of para-hydroxylation sites is 1. The van der Waals surface area contributed by atoms with Gasteiger partial charge in [-0.3, -0.25) is 14.3 Å². The lowest BCUT2D eigenvalue weighted by Gasteiger charge is -2.29. The van der Waals surface area contributed by atoms with Gasteiger partial charge in [-0.15, -0.1) is 21.5 Å². The standard InChI is InChI=1S/C24H23FN6OS2/c1-16-8-11-30(12-9-16)23(32)19-14-33-21(27-19)15-34-24-29-28-22(17-5-4-10-26-13-17)31(24)20-7-3-2-6-18(20)25/h2-7,10,13-14,16H,8-9,11-12,15H2,1H3. The molecule has 0 radical (unpaired) electrons.